The largest absolute Gasteiger partial charge is 0.309 e. The number of nitrogen functional groups attached to an aromatic ring is 1. The molecule has 62 valence electrons. The van der Waals surface area contributed by atoms with Crippen molar-refractivity contribution in [3.8, 4) is 6.57 Å². The van der Waals surface area contributed by atoms with Crippen LogP contribution in [-0.2, 0) is 7.05 Å². The van der Waals surface area contributed by atoms with E-state index >= 15 is 0 Å². The Bertz CT molecular complexity index is 354. The highest BCUT2D eigenvalue weighted by molar-refractivity contribution is 5.45. The summed E-state index contributed by atoms with van der Waals surface area (Å²) in [4.78, 5) is 3.38. The number of aromatic nitrogens is 2. The van der Waals surface area contributed by atoms with Crippen molar-refractivity contribution in [3.05, 3.63) is 28.8 Å². The maximum Gasteiger partial charge on any atom is 0.309 e. The molecule has 0 saturated carbocycles. The average molecular weight is 164 g/mol. The lowest BCUT2D eigenvalue weighted by Gasteiger charge is -1.84. The molecule has 0 atom stereocenters. The molecule has 0 aliphatic carbocycles. The molecule has 0 bridgehead atoms. The number of hydrogen-bond donors (Lipinski definition) is 1. The van der Waals surface area contributed by atoms with Crippen molar-refractivity contribution < 1.29 is 4.57 Å². The first kappa shape index (κ1) is 8.34. The first-order valence-electron chi connectivity index (χ1n) is 3.56. The summed E-state index contributed by atoms with van der Waals surface area (Å²) in [5.41, 5.74) is 1.96. The smallest absolute Gasteiger partial charge is 0.269 e. The van der Waals surface area contributed by atoms with Crippen molar-refractivity contribution in [3.63, 3.8) is 0 Å². The minimum Gasteiger partial charge on any atom is -0.269 e. The number of rotatable bonds is 1. The van der Waals surface area contributed by atoms with E-state index in [2.05, 4.69) is 4.85 Å². The monoisotopic (exact) mass is 164 g/mol. The Morgan fingerprint density at radius 2 is 2.42 bits per heavy atom. The Morgan fingerprint density at radius 1 is 1.75 bits per heavy atom. The summed E-state index contributed by atoms with van der Waals surface area (Å²) >= 11 is 0. The van der Waals surface area contributed by atoms with Crippen LogP contribution in [0.2, 0.25) is 0 Å². The summed E-state index contributed by atoms with van der Waals surface area (Å²) in [5.74, 6) is 5.61. The van der Waals surface area contributed by atoms with E-state index in [0.717, 1.165) is 11.4 Å². The van der Waals surface area contributed by atoms with E-state index < -0.39 is 0 Å². The fraction of sp³-hybridized carbons (Fsp3) is 0.250. The SMILES string of the molecule is C#[N+]C=Cc1c(C)n(N)c[n+]1C. The molecule has 0 amide bonds. The predicted octanol–water partition coefficient (Wildman–Crippen LogP) is 0.268. The molecule has 0 unspecified atom stereocenters. The maximum absolute atomic E-state index is 5.61. The number of imidazole rings is 1. The number of aryl methyl sites for hydroxylation is 1. The van der Waals surface area contributed by atoms with Crippen LogP contribution in [0.4, 0.5) is 0 Å². The molecule has 0 radical (unpaired) electrons. The molecule has 0 fully saturated rings. The van der Waals surface area contributed by atoms with E-state index in [-0.39, 0.29) is 0 Å². The Morgan fingerprint density at radius 3 is 2.83 bits per heavy atom. The molecular weight excluding hydrogens is 152 g/mol. The maximum atomic E-state index is 5.61. The first-order valence-corrected chi connectivity index (χ1v) is 3.56. The van der Waals surface area contributed by atoms with Crippen LogP contribution in [-0.4, -0.2) is 4.68 Å². The molecular formula is C8H12N4+2. The molecule has 12 heavy (non-hydrogen) atoms. The molecule has 0 aliphatic rings. The number of nitrogens with two attached hydrogens (primary N) is 1. The van der Waals surface area contributed by atoms with Gasteiger partial charge in [0.15, 0.2) is 11.4 Å². The second-order valence-corrected chi connectivity index (χ2v) is 2.57. The summed E-state index contributed by atoms with van der Waals surface area (Å²) in [6.07, 6.45) is 5.12. The highest BCUT2D eigenvalue weighted by atomic mass is 15.3. The van der Waals surface area contributed by atoms with Crippen molar-refractivity contribution in [1.82, 2.24) is 4.68 Å². The molecule has 0 saturated heterocycles. The topological polar surface area (TPSA) is 39.2 Å². The molecule has 1 aromatic rings. The molecule has 4 heteroatoms. The van der Waals surface area contributed by atoms with Gasteiger partial charge in [-0.15, -0.1) is 4.68 Å². The zero-order chi connectivity index (χ0) is 9.14. The van der Waals surface area contributed by atoms with Gasteiger partial charge in [-0.25, -0.2) is 4.57 Å². The summed E-state index contributed by atoms with van der Waals surface area (Å²) in [5, 5.41) is 0. The Balaban J connectivity index is 3.16. The van der Waals surface area contributed by atoms with Gasteiger partial charge in [0.25, 0.3) is 12.9 Å². The zero-order valence-corrected chi connectivity index (χ0v) is 7.23. The second kappa shape index (κ2) is 3.09. The fourth-order valence-corrected chi connectivity index (χ4v) is 1.07. The molecule has 0 aliphatic heterocycles. The molecule has 0 aromatic carbocycles. The third-order valence-corrected chi connectivity index (χ3v) is 1.75. The lowest BCUT2D eigenvalue weighted by molar-refractivity contribution is -0.672. The third kappa shape index (κ3) is 1.30. The second-order valence-electron chi connectivity index (χ2n) is 2.57. The van der Waals surface area contributed by atoms with Gasteiger partial charge < -0.3 is 0 Å². The summed E-state index contributed by atoms with van der Waals surface area (Å²) in [6, 6.07) is 0. The van der Waals surface area contributed by atoms with E-state index in [1.165, 1.54) is 6.20 Å². The number of nitrogens with zero attached hydrogens (tertiary/aromatic N) is 3. The highest BCUT2D eigenvalue weighted by Gasteiger charge is 2.13. The van der Waals surface area contributed by atoms with Crippen molar-refractivity contribution in [1.29, 1.82) is 0 Å². The van der Waals surface area contributed by atoms with Crippen molar-refractivity contribution in [2.24, 2.45) is 7.05 Å². The zero-order valence-electron chi connectivity index (χ0n) is 7.23. The van der Waals surface area contributed by atoms with Gasteiger partial charge in [-0.05, 0) is 4.85 Å². The predicted molar refractivity (Wildman–Crippen MR) is 47.8 cm³/mol. The lowest BCUT2D eigenvalue weighted by atomic mass is 10.3. The van der Waals surface area contributed by atoms with Crippen LogP contribution in [0.1, 0.15) is 11.4 Å². The van der Waals surface area contributed by atoms with Crippen LogP contribution in [0.5, 0.6) is 0 Å². The summed E-state index contributed by atoms with van der Waals surface area (Å²) in [7, 11) is 1.91. The van der Waals surface area contributed by atoms with Gasteiger partial charge >= 0.3 is 6.20 Å². The molecule has 1 heterocycles. The van der Waals surface area contributed by atoms with E-state index in [1.54, 1.807) is 17.1 Å². The van der Waals surface area contributed by atoms with E-state index in [4.69, 9.17) is 12.4 Å². The first-order chi connectivity index (χ1) is 5.66. The van der Waals surface area contributed by atoms with Gasteiger partial charge in [-0.3, -0.25) is 5.84 Å². The minimum absolute atomic E-state index is 0.970. The van der Waals surface area contributed by atoms with Crippen molar-refractivity contribution in [2.45, 2.75) is 6.92 Å². The van der Waals surface area contributed by atoms with E-state index in [0.29, 0.717) is 0 Å². The molecule has 4 nitrogen and oxygen atoms in total. The van der Waals surface area contributed by atoms with Gasteiger partial charge in [-0.1, -0.05) is 0 Å². The molecule has 0 spiro atoms. The van der Waals surface area contributed by atoms with E-state index in [9.17, 15) is 0 Å². The third-order valence-electron chi connectivity index (χ3n) is 1.75. The standard InChI is InChI=1S/C8H12N4/c1-7-8(4-5-10-2)11(3)6-12(7)9/h2,4-6H,9H2,1,3H3/q+2. The number of hydrogen-bond acceptors (Lipinski definition) is 1. The van der Waals surface area contributed by atoms with Gasteiger partial charge in [0, 0.05) is 6.92 Å². The highest BCUT2D eigenvalue weighted by Crippen LogP contribution is 2.02. The molecule has 1 rings (SSSR count). The van der Waals surface area contributed by atoms with Crippen LogP contribution < -0.4 is 10.4 Å². The quantitative estimate of drug-likeness (QED) is 0.469. The van der Waals surface area contributed by atoms with Gasteiger partial charge in [0.1, 0.15) is 0 Å². The molecule has 2 N–H and O–H groups in total. The normalized spacial score (nSPS) is 10.4. The van der Waals surface area contributed by atoms with Crippen LogP contribution in [0.3, 0.4) is 0 Å². The fourth-order valence-electron chi connectivity index (χ4n) is 1.07. The van der Waals surface area contributed by atoms with Crippen molar-refractivity contribution >= 4 is 6.08 Å². The summed E-state index contributed by atoms with van der Waals surface area (Å²) in [6.45, 7) is 6.90. The minimum atomic E-state index is 0.970. The van der Waals surface area contributed by atoms with Crippen molar-refractivity contribution in [2.75, 3.05) is 5.84 Å². The molecule has 1 aromatic heterocycles. The van der Waals surface area contributed by atoms with Gasteiger partial charge in [-0.2, -0.15) is 0 Å². The lowest BCUT2D eigenvalue weighted by Crippen LogP contribution is -2.28. The van der Waals surface area contributed by atoms with Crippen LogP contribution in [0, 0.1) is 13.5 Å². The van der Waals surface area contributed by atoms with Crippen LogP contribution >= 0.6 is 0 Å². The summed E-state index contributed by atoms with van der Waals surface area (Å²) < 4.78 is 3.45. The Labute approximate surface area is 71.3 Å². The van der Waals surface area contributed by atoms with Crippen LogP contribution in [0.25, 0.3) is 10.9 Å². The van der Waals surface area contributed by atoms with Gasteiger partial charge in [0.2, 0.25) is 0 Å². The Hall–Kier alpha value is -1.76. The van der Waals surface area contributed by atoms with E-state index in [1.807, 2.05) is 18.5 Å². The van der Waals surface area contributed by atoms with Crippen LogP contribution in [0.15, 0.2) is 12.5 Å². The Kier molecular flexibility index (Phi) is 2.15. The average Bonchev–Trinajstić information content (AvgIpc) is 2.25. The van der Waals surface area contributed by atoms with Gasteiger partial charge in [0.05, 0.1) is 13.1 Å².